The fourth-order valence-electron chi connectivity index (χ4n) is 2.60. The molecule has 1 saturated heterocycles. The van der Waals surface area contributed by atoms with Crippen molar-refractivity contribution in [1.29, 1.82) is 0 Å². The van der Waals surface area contributed by atoms with Crippen molar-refractivity contribution in [3.8, 4) is 0 Å². The SMILES string of the molecule is Cc1cc(C)n(C2CN(Cc3nnc(C(C)C)o3)C2)n1. The molecule has 1 aliphatic heterocycles. The second-order valence-electron chi connectivity index (χ2n) is 5.91. The maximum Gasteiger partial charge on any atom is 0.230 e. The van der Waals surface area contributed by atoms with Gasteiger partial charge in [-0.3, -0.25) is 9.58 Å². The molecule has 6 nitrogen and oxygen atoms in total. The third kappa shape index (κ3) is 2.47. The summed E-state index contributed by atoms with van der Waals surface area (Å²) in [5, 5.41) is 12.7. The van der Waals surface area contributed by atoms with Gasteiger partial charge in [0, 0.05) is 24.7 Å². The van der Waals surface area contributed by atoms with Gasteiger partial charge in [-0.15, -0.1) is 10.2 Å². The molecule has 0 N–H and O–H groups in total. The first-order valence-corrected chi connectivity index (χ1v) is 7.10. The van der Waals surface area contributed by atoms with Gasteiger partial charge >= 0.3 is 0 Å². The van der Waals surface area contributed by atoms with Crippen LogP contribution in [0.3, 0.4) is 0 Å². The van der Waals surface area contributed by atoms with Crippen LogP contribution in [0.4, 0.5) is 0 Å². The zero-order chi connectivity index (χ0) is 14.3. The van der Waals surface area contributed by atoms with E-state index in [1.54, 1.807) is 0 Å². The largest absolute Gasteiger partial charge is 0.424 e. The Morgan fingerprint density at radius 2 is 2.05 bits per heavy atom. The van der Waals surface area contributed by atoms with Gasteiger partial charge in [0.2, 0.25) is 11.8 Å². The topological polar surface area (TPSA) is 60.0 Å². The predicted molar refractivity (Wildman–Crippen MR) is 74.4 cm³/mol. The van der Waals surface area contributed by atoms with Crippen molar-refractivity contribution >= 4 is 0 Å². The van der Waals surface area contributed by atoms with Gasteiger partial charge in [0.25, 0.3) is 0 Å². The van der Waals surface area contributed by atoms with E-state index in [0.29, 0.717) is 11.9 Å². The van der Waals surface area contributed by atoms with Crippen LogP contribution in [0.15, 0.2) is 10.5 Å². The molecule has 2 aromatic rings. The highest BCUT2D eigenvalue weighted by atomic mass is 16.4. The van der Waals surface area contributed by atoms with Crippen LogP contribution < -0.4 is 0 Å². The molecule has 0 bridgehead atoms. The van der Waals surface area contributed by atoms with Crippen LogP contribution in [0.5, 0.6) is 0 Å². The number of aryl methyl sites for hydroxylation is 2. The Morgan fingerprint density at radius 1 is 1.30 bits per heavy atom. The van der Waals surface area contributed by atoms with Crippen LogP contribution in [-0.2, 0) is 6.54 Å². The molecule has 2 aromatic heterocycles. The highest BCUT2D eigenvalue weighted by Crippen LogP contribution is 2.24. The lowest BCUT2D eigenvalue weighted by atomic mass is 10.1. The van der Waals surface area contributed by atoms with Crippen molar-refractivity contribution in [3.63, 3.8) is 0 Å². The Hall–Kier alpha value is -1.69. The maximum atomic E-state index is 5.63. The monoisotopic (exact) mass is 275 g/mol. The average molecular weight is 275 g/mol. The molecule has 1 aliphatic rings. The Kier molecular flexibility index (Phi) is 3.33. The first-order chi connectivity index (χ1) is 9.52. The second-order valence-corrected chi connectivity index (χ2v) is 5.91. The molecule has 0 aliphatic carbocycles. The van der Waals surface area contributed by atoms with Gasteiger partial charge in [-0.05, 0) is 19.9 Å². The molecule has 3 rings (SSSR count). The molecule has 0 amide bonds. The molecule has 20 heavy (non-hydrogen) atoms. The highest BCUT2D eigenvalue weighted by Gasteiger charge is 2.30. The number of aromatic nitrogens is 4. The van der Waals surface area contributed by atoms with Crippen molar-refractivity contribution in [2.45, 2.75) is 46.2 Å². The summed E-state index contributed by atoms with van der Waals surface area (Å²) in [5.74, 6) is 1.71. The van der Waals surface area contributed by atoms with E-state index in [1.165, 1.54) is 5.69 Å². The van der Waals surface area contributed by atoms with Crippen molar-refractivity contribution < 1.29 is 4.42 Å². The fourth-order valence-corrected chi connectivity index (χ4v) is 2.60. The minimum atomic E-state index is 0.287. The van der Waals surface area contributed by atoms with E-state index in [4.69, 9.17) is 4.42 Å². The molecule has 0 unspecified atom stereocenters. The zero-order valence-electron chi connectivity index (χ0n) is 12.5. The van der Waals surface area contributed by atoms with Crippen LogP contribution in [0.2, 0.25) is 0 Å². The van der Waals surface area contributed by atoms with E-state index in [0.717, 1.165) is 31.2 Å². The van der Waals surface area contributed by atoms with E-state index in [2.05, 4.69) is 51.7 Å². The maximum absolute atomic E-state index is 5.63. The minimum absolute atomic E-state index is 0.287. The molecular formula is C14H21N5O. The molecule has 1 fully saturated rings. The molecule has 0 aromatic carbocycles. The standard InChI is InChI=1S/C14H21N5O/c1-9(2)14-16-15-13(20-14)8-18-6-12(7-18)19-11(4)5-10(3)17-19/h5,9,12H,6-8H2,1-4H3. The van der Waals surface area contributed by atoms with Crippen molar-refractivity contribution in [3.05, 3.63) is 29.2 Å². The van der Waals surface area contributed by atoms with Crippen LogP contribution in [0, 0.1) is 13.8 Å². The van der Waals surface area contributed by atoms with Crippen LogP contribution in [0.1, 0.15) is 49.0 Å². The van der Waals surface area contributed by atoms with E-state index < -0.39 is 0 Å². The summed E-state index contributed by atoms with van der Waals surface area (Å²) in [6.45, 7) is 11.0. The van der Waals surface area contributed by atoms with Gasteiger partial charge in [-0.2, -0.15) is 5.10 Å². The number of rotatable bonds is 4. The van der Waals surface area contributed by atoms with Crippen molar-refractivity contribution in [1.82, 2.24) is 24.9 Å². The van der Waals surface area contributed by atoms with E-state index >= 15 is 0 Å². The van der Waals surface area contributed by atoms with Crippen LogP contribution in [-0.4, -0.2) is 38.0 Å². The molecule has 0 saturated carbocycles. The molecule has 6 heteroatoms. The zero-order valence-corrected chi connectivity index (χ0v) is 12.5. The lowest BCUT2D eigenvalue weighted by Crippen LogP contribution is -2.47. The summed E-state index contributed by atoms with van der Waals surface area (Å²) in [7, 11) is 0. The third-order valence-electron chi connectivity index (χ3n) is 3.66. The summed E-state index contributed by atoms with van der Waals surface area (Å²) in [4.78, 5) is 2.30. The van der Waals surface area contributed by atoms with Gasteiger partial charge in [0.15, 0.2) is 0 Å². The summed E-state index contributed by atoms with van der Waals surface area (Å²) >= 11 is 0. The van der Waals surface area contributed by atoms with Gasteiger partial charge in [-0.1, -0.05) is 13.8 Å². The number of hydrogen-bond donors (Lipinski definition) is 0. The predicted octanol–water partition coefficient (Wildman–Crippen LogP) is 2.06. The van der Waals surface area contributed by atoms with Gasteiger partial charge in [0.05, 0.1) is 18.3 Å². The smallest absolute Gasteiger partial charge is 0.230 e. The molecule has 0 radical (unpaired) electrons. The molecule has 108 valence electrons. The van der Waals surface area contributed by atoms with E-state index in [1.807, 2.05) is 6.92 Å². The Bertz CT molecular complexity index is 594. The summed E-state index contributed by atoms with van der Waals surface area (Å²) in [5.41, 5.74) is 2.31. The molecule has 0 spiro atoms. The highest BCUT2D eigenvalue weighted by molar-refractivity contribution is 5.09. The quantitative estimate of drug-likeness (QED) is 0.854. The van der Waals surface area contributed by atoms with Crippen LogP contribution >= 0.6 is 0 Å². The Morgan fingerprint density at radius 3 is 2.60 bits per heavy atom. The lowest BCUT2D eigenvalue weighted by Gasteiger charge is -2.38. The molecule has 0 atom stereocenters. The average Bonchev–Trinajstić information content (AvgIpc) is 2.90. The molecular weight excluding hydrogens is 254 g/mol. The summed E-state index contributed by atoms with van der Waals surface area (Å²) in [6, 6.07) is 2.59. The van der Waals surface area contributed by atoms with Gasteiger partial charge in [-0.25, -0.2) is 0 Å². The van der Waals surface area contributed by atoms with Crippen molar-refractivity contribution in [2.24, 2.45) is 0 Å². The van der Waals surface area contributed by atoms with E-state index in [-0.39, 0.29) is 5.92 Å². The first kappa shape index (κ1) is 13.3. The minimum Gasteiger partial charge on any atom is -0.424 e. The number of likely N-dealkylation sites (tertiary alicyclic amines) is 1. The van der Waals surface area contributed by atoms with Gasteiger partial charge in [0.1, 0.15) is 0 Å². The Balaban J connectivity index is 1.56. The van der Waals surface area contributed by atoms with Crippen LogP contribution in [0.25, 0.3) is 0 Å². The lowest BCUT2D eigenvalue weighted by molar-refractivity contribution is 0.0795. The number of nitrogens with zero attached hydrogens (tertiary/aromatic N) is 5. The fraction of sp³-hybridized carbons (Fsp3) is 0.643. The first-order valence-electron chi connectivity index (χ1n) is 7.10. The normalized spacial score (nSPS) is 16.9. The number of hydrogen-bond acceptors (Lipinski definition) is 5. The third-order valence-corrected chi connectivity index (χ3v) is 3.66. The van der Waals surface area contributed by atoms with E-state index in [9.17, 15) is 0 Å². The second kappa shape index (κ2) is 5.01. The Labute approximate surface area is 118 Å². The van der Waals surface area contributed by atoms with Crippen molar-refractivity contribution in [2.75, 3.05) is 13.1 Å². The summed E-state index contributed by atoms with van der Waals surface area (Å²) < 4.78 is 7.76. The van der Waals surface area contributed by atoms with Gasteiger partial charge < -0.3 is 4.42 Å². The summed E-state index contributed by atoms with van der Waals surface area (Å²) in [6.07, 6.45) is 0. The molecule has 3 heterocycles.